The first-order valence-electron chi connectivity index (χ1n) is 6.04. The monoisotopic (exact) mass is 248 g/mol. The van der Waals surface area contributed by atoms with Crippen LogP contribution >= 0.6 is 12.4 Å². The van der Waals surface area contributed by atoms with E-state index < -0.39 is 0 Å². The van der Waals surface area contributed by atoms with Gasteiger partial charge in [0.1, 0.15) is 0 Å². The lowest BCUT2D eigenvalue weighted by Gasteiger charge is -2.29. The zero-order chi connectivity index (χ0) is 11.4. The van der Waals surface area contributed by atoms with E-state index in [1.54, 1.807) is 0 Å². The molecule has 3 atom stereocenters. The quantitative estimate of drug-likeness (QED) is 0.802. The van der Waals surface area contributed by atoms with Crippen LogP contribution in [0.25, 0.3) is 0 Å². The van der Waals surface area contributed by atoms with Gasteiger partial charge < -0.3 is 10.6 Å². The number of halogens is 1. The fraction of sp³-hybridized carbons (Fsp3) is 0.917. The van der Waals surface area contributed by atoms with E-state index in [4.69, 9.17) is 0 Å². The summed E-state index contributed by atoms with van der Waals surface area (Å²) < 4.78 is 0. The number of nitrogens with one attached hydrogen (secondary N) is 2. The molecule has 1 aliphatic heterocycles. The summed E-state index contributed by atoms with van der Waals surface area (Å²) in [5.41, 5.74) is 0. The van der Waals surface area contributed by atoms with Crippen LogP contribution < -0.4 is 10.6 Å². The molecule has 0 aromatic heterocycles. The summed E-state index contributed by atoms with van der Waals surface area (Å²) in [4.78, 5) is 11.9. The van der Waals surface area contributed by atoms with Gasteiger partial charge in [-0.25, -0.2) is 0 Å². The van der Waals surface area contributed by atoms with Crippen LogP contribution in [0.2, 0.25) is 0 Å². The van der Waals surface area contributed by atoms with Gasteiger partial charge in [0.2, 0.25) is 5.91 Å². The highest BCUT2D eigenvalue weighted by Gasteiger charge is 2.25. The normalized spacial score (nSPS) is 27.1. The molecular formula is C12H25ClN2O. The van der Waals surface area contributed by atoms with E-state index in [9.17, 15) is 4.79 Å². The van der Waals surface area contributed by atoms with Crippen LogP contribution in [0.4, 0.5) is 0 Å². The second-order valence-electron chi connectivity index (χ2n) is 5.12. The van der Waals surface area contributed by atoms with Crippen molar-refractivity contribution in [2.45, 2.75) is 52.6 Å². The lowest BCUT2D eigenvalue weighted by atomic mass is 9.92. The molecular weight excluding hydrogens is 224 g/mol. The zero-order valence-electron chi connectivity index (χ0n) is 10.7. The van der Waals surface area contributed by atoms with Crippen LogP contribution in [0, 0.1) is 11.8 Å². The van der Waals surface area contributed by atoms with Crippen molar-refractivity contribution in [1.82, 2.24) is 10.6 Å². The molecule has 0 bridgehead atoms. The Morgan fingerprint density at radius 1 is 1.38 bits per heavy atom. The summed E-state index contributed by atoms with van der Waals surface area (Å²) in [6.45, 7) is 9.46. The minimum Gasteiger partial charge on any atom is -0.353 e. The first kappa shape index (κ1) is 15.7. The third kappa shape index (κ3) is 4.71. The maximum atomic E-state index is 11.9. The minimum atomic E-state index is 0. The van der Waals surface area contributed by atoms with Crippen molar-refractivity contribution in [3.8, 4) is 0 Å². The molecule has 1 rings (SSSR count). The van der Waals surface area contributed by atoms with Gasteiger partial charge in [-0.05, 0) is 39.2 Å². The number of hydrogen-bond acceptors (Lipinski definition) is 2. The molecule has 3 nitrogen and oxygen atoms in total. The molecule has 0 spiro atoms. The lowest BCUT2D eigenvalue weighted by molar-refractivity contribution is -0.127. The van der Waals surface area contributed by atoms with Crippen molar-refractivity contribution < 1.29 is 4.79 Å². The smallest absolute Gasteiger partial charge is 0.223 e. The summed E-state index contributed by atoms with van der Waals surface area (Å²) in [5.74, 6) is 0.958. The molecule has 0 aromatic rings. The molecule has 1 aliphatic rings. The van der Waals surface area contributed by atoms with E-state index in [0.29, 0.717) is 12.0 Å². The largest absolute Gasteiger partial charge is 0.353 e. The zero-order valence-corrected chi connectivity index (χ0v) is 11.6. The highest BCUT2D eigenvalue weighted by Crippen LogP contribution is 2.16. The van der Waals surface area contributed by atoms with Crippen LogP contribution in [0.1, 0.15) is 40.5 Å². The maximum absolute atomic E-state index is 11.9. The molecule has 1 saturated heterocycles. The first-order chi connectivity index (χ1) is 7.00. The van der Waals surface area contributed by atoms with Crippen LogP contribution in [-0.2, 0) is 4.79 Å². The van der Waals surface area contributed by atoms with Gasteiger partial charge in [-0.3, -0.25) is 4.79 Å². The maximum Gasteiger partial charge on any atom is 0.223 e. The first-order valence-corrected chi connectivity index (χ1v) is 6.04. The van der Waals surface area contributed by atoms with Crippen LogP contribution in [0.3, 0.4) is 0 Å². The highest BCUT2D eigenvalue weighted by atomic mass is 35.5. The van der Waals surface area contributed by atoms with Gasteiger partial charge in [-0.15, -0.1) is 12.4 Å². The van der Waals surface area contributed by atoms with Gasteiger partial charge in [0.05, 0.1) is 0 Å². The second kappa shape index (κ2) is 7.13. The molecule has 1 amide bonds. The predicted molar refractivity (Wildman–Crippen MR) is 69.9 cm³/mol. The van der Waals surface area contributed by atoms with Crippen molar-refractivity contribution in [3.63, 3.8) is 0 Å². The van der Waals surface area contributed by atoms with E-state index in [1.165, 1.54) is 0 Å². The molecule has 0 radical (unpaired) electrons. The number of amides is 1. The molecule has 1 unspecified atom stereocenters. The van der Waals surface area contributed by atoms with E-state index in [-0.39, 0.29) is 30.3 Å². The fourth-order valence-electron chi connectivity index (χ4n) is 1.88. The molecule has 0 aromatic carbocycles. The summed E-state index contributed by atoms with van der Waals surface area (Å²) in [7, 11) is 0. The molecule has 96 valence electrons. The number of carbonyl (C=O) groups excluding carboxylic acids is 1. The molecule has 0 aliphatic carbocycles. The Kier molecular flexibility index (Phi) is 7.00. The van der Waals surface area contributed by atoms with Crippen LogP contribution in [-0.4, -0.2) is 24.5 Å². The van der Waals surface area contributed by atoms with E-state index in [0.717, 1.165) is 19.4 Å². The molecule has 1 fully saturated rings. The fourth-order valence-corrected chi connectivity index (χ4v) is 1.88. The lowest BCUT2D eigenvalue weighted by Crippen LogP contribution is -2.45. The van der Waals surface area contributed by atoms with E-state index in [1.807, 2.05) is 0 Å². The standard InChI is InChI=1S/C12H24N2O.ClH/c1-8(2)10(4)14-12(15)11-5-6-13-9(3)7-11;/h8-11,13H,5-7H2,1-4H3,(H,14,15);1H/t9-,10?,11-;/m0./s1. The number of piperidine rings is 1. The molecule has 2 N–H and O–H groups in total. The summed E-state index contributed by atoms with van der Waals surface area (Å²) in [6, 6.07) is 0.756. The topological polar surface area (TPSA) is 41.1 Å². The Bertz CT molecular complexity index is 221. The van der Waals surface area contributed by atoms with Gasteiger partial charge in [0.25, 0.3) is 0 Å². The van der Waals surface area contributed by atoms with Gasteiger partial charge in [-0.2, -0.15) is 0 Å². The van der Waals surface area contributed by atoms with E-state index in [2.05, 4.69) is 38.3 Å². The van der Waals surface area contributed by atoms with Gasteiger partial charge in [0.15, 0.2) is 0 Å². The number of hydrogen-bond donors (Lipinski definition) is 2. The third-order valence-electron chi connectivity index (χ3n) is 3.36. The van der Waals surface area contributed by atoms with Crippen LogP contribution in [0.5, 0.6) is 0 Å². The van der Waals surface area contributed by atoms with Gasteiger partial charge in [-0.1, -0.05) is 13.8 Å². The average molecular weight is 249 g/mol. The van der Waals surface area contributed by atoms with Gasteiger partial charge >= 0.3 is 0 Å². The Morgan fingerprint density at radius 2 is 2.00 bits per heavy atom. The summed E-state index contributed by atoms with van der Waals surface area (Å²) in [6.07, 6.45) is 1.94. The molecule has 0 saturated carbocycles. The minimum absolute atomic E-state index is 0. The summed E-state index contributed by atoms with van der Waals surface area (Å²) >= 11 is 0. The van der Waals surface area contributed by atoms with Crippen molar-refractivity contribution in [2.75, 3.05) is 6.54 Å². The Balaban J connectivity index is 0.00000225. The van der Waals surface area contributed by atoms with Crippen LogP contribution in [0.15, 0.2) is 0 Å². The van der Waals surface area contributed by atoms with E-state index >= 15 is 0 Å². The molecule has 4 heteroatoms. The van der Waals surface area contributed by atoms with Gasteiger partial charge in [0, 0.05) is 18.0 Å². The predicted octanol–water partition coefficient (Wildman–Crippen LogP) is 1.96. The van der Waals surface area contributed by atoms with Crippen molar-refractivity contribution in [3.05, 3.63) is 0 Å². The Morgan fingerprint density at radius 3 is 2.50 bits per heavy atom. The Hall–Kier alpha value is -0.280. The van der Waals surface area contributed by atoms with Crippen molar-refractivity contribution >= 4 is 18.3 Å². The average Bonchev–Trinajstić information content (AvgIpc) is 2.17. The number of rotatable bonds is 3. The van der Waals surface area contributed by atoms with Crippen molar-refractivity contribution in [2.24, 2.45) is 11.8 Å². The Labute approximate surface area is 105 Å². The third-order valence-corrected chi connectivity index (χ3v) is 3.36. The number of carbonyl (C=O) groups is 1. The summed E-state index contributed by atoms with van der Waals surface area (Å²) in [5, 5.41) is 6.47. The molecule has 1 heterocycles. The molecule has 16 heavy (non-hydrogen) atoms. The highest BCUT2D eigenvalue weighted by molar-refractivity contribution is 5.85. The second-order valence-corrected chi connectivity index (χ2v) is 5.12. The van der Waals surface area contributed by atoms with Crippen molar-refractivity contribution in [1.29, 1.82) is 0 Å². The SMILES string of the molecule is CC(C)C(C)NC(=O)[C@H]1CCN[C@@H](C)C1.Cl.